The van der Waals surface area contributed by atoms with Gasteiger partial charge in [-0.25, -0.2) is 0 Å². The van der Waals surface area contributed by atoms with Crippen molar-refractivity contribution in [1.82, 2.24) is 5.32 Å². The van der Waals surface area contributed by atoms with Crippen LogP contribution in [0.25, 0.3) is 0 Å². The Morgan fingerprint density at radius 2 is 1.82 bits per heavy atom. The Morgan fingerprint density at radius 1 is 1.29 bits per heavy atom. The molecule has 94 valence electrons. The molecular weight excluding hydrogens is 278 g/mol. The third kappa shape index (κ3) is 3.84. The van der Waals surface area contributed by atoms with Crippen molar-refractivity contribution < 1.29 is 4.79 Å². The summed E-state index contributed by atoms with van der Waals surface area (Å²) in [5, 5.41) is 2.98. The molecule has 0 saturated carbocycles. The smallest absolute Gasteiger partial charge is 0.251 e. The average Bonchev–Trinajstić information content (AvgIpc) is 2.25. The standard InChI is InChI=1S/C14H20BrNO/c1-9(2)12(15)8-16-14(17)13-10(3)6-5-7-11(13)4/h5-7,9,12H,8H2,1-4H3,(H,16,17). The molecule has 1 amide bonds. The topological polar surface area (TPSA) is 29.1 Å². The van der Waals surface area contributed by atoms with Crippen molar-refractivity contribution in [2.75, 3.05) is 6.54 Å². The van der Waals surface area contributed by atoms with Crippen LogP contribution in [-0.4, -0.2) is 17.3 Å². The first-order valence-corrected chi connectivity index (χ1v) is 6.83. The highest BCUT2D eigenvalue weighted by atomic mass is 79.9. The second kappa shape index (κ2) is 6.20. The number of hydrogen-bond acceptors (Lipinski definition) is 1. The fourth-order valence-electron chi connectivity index (χ4n) is 1.69. The fraction of sp³-hybridized carbons (Fsp3) is 0.500. The lowest BCUT2D eigenvalue weighted by molar-refractivity contribution is 0.0951. The second-order valence-corrected chi connectivity index (χ2v) is 5.91. The van der Waals surface area contributed by atoms with E-state index in [2.05, 4.69) is 35.1 Å². The number of amides is 1. The number of halogens is 1. The van der Waals surface area contributed by atoms with E-state index >= 15 is 0 Å². The van der Waals surface area contributed by atoms with Crippen LogP contribution < -0.4 is 5.32 Å². The Hall–Kier alpha value is -0.830. The normalized spacial score (nSPS) is 12.6. The van der Waals surface area contributed by atoms with Crippen molar-refractivity contribution in [3.8, 4) is 0 Å². The number of carbonyl (C=O) groups excluding carboxylic acids is 1. The van der Waals surface area contributed by atoms with Crippen LogP contribution in [0.3, 0.4) is 0 Å². The van der Waals surface area contributed by atoms with Crippen molar-refractivity contribution in [1.29, 1.82) is 0 Å². The lowest BCUT2D eigenvalue weighted by Gasteiger charge is -2.16. The maximum Gasteiger partial charge on any atom is 0.251 e. The summed E-state index contributed by atoms with van der Waals surface area (Å²) in [5.74, 6) is 0.527. The lowest BCUT2D eigenvalue weighted by Crippen LogP contribution is -2.32. The lowest BCUT2D eigenvalue weighted by atomic mass is 10.0. The molecule has 1 atom stereocenters. The van der Waals surface area contributed by atoms with Gasteiger partial charge >= 0.3 is 0 Å². The maximum atomic E-state index is 12.1. The second-order valence-electron chi connectivity index (χ2n) is 4.74. The van der Waals surface area contributed by atoms with E-state index in [-0.39, 0.29) is 5.91 Å². The molecule has 0 aliphatic carbocycles. The first kappa shape index (κ1) is 14.2. The number of alkyl halides is 1. The van der Waals surface area contributed by atoms with Crippen LogP contribution in [0.4, 0.5) is 0 Å². The quantitative estimate of drug-likeness (QED) is 0.848. The monoisotopic (exact) mass is 297 g/mol. The molecule has 17 heavy (non-hydrogen) atoms. The van der Waals surface area contributed by atoms with Crippen molar-refractivity contribution in [2.45, 2.75) is 32.5 Å². The summed E-state index contributed by atoms with van der Waals surface area (Å²) in [6.45, 7) is 8.85. The van der Waals surface area contributed by atoms with E-state index in [1.54, 1.807) is 0 Å². The predicted octanol–water partition coefficient (Wildman–Crippen LogP) is 3.45. The van der Waals surface area contributed by atoms with Gasteiger partial charge in [0.25, 0.3) is 5.91 Å². The number of rotatable bonds is 4. The van der Waals surface area contributed by atoms with E-state index in [4.69, 9.17) is 0 Å². The van der Waals surface area contributed by atoms with Crippen molar-refractivity contribution in [3.05, 3.63) is 34.9 Å². The minimum Gasteiger partial charge on any atom is -0.351 e. The molecule has 0 spiro atoms. The zero-order chi connectivity index (χ0) is 13.0. The zero-order valence-corrected chi connectivity index (χ0v) is 12.5. The number of hydrogen-bond donors (Lipinski definition) is 1. The van der Waals surface area contributed by atoms with Gasteiger partial charge in [0, 0.05) is 16.9 Å². The molecule has 1 unspecified atom stereocenters. The Morgan fingerprint density at radius 3 is 2.29 bits per heavy atom. The van der Waals surface area contributed by atoms with E-state index < -0.39 is 0 Å². The Bertz CT molecular complexity index is 381. The molecule has 0 fully saturated rings. The summed E-state index contributed by atoms with van der Waals surface area (Å²) >= 11 is 3.57. The molecule has 0 heterocycles. The third-order valence-electron chi connectivity index (χ3n) is 2.89. The van der Waals surface area contributed by atoms with Gasteiger partial charge in [0.1, 0.15) is 0 Å². The summed E-state index contributed by atoms with van der Waals surface area (Å²) < 4.78 is 0. The summed E-state index contributed by atoms with van der Waals surface area (Å²) in [4.78, 5) is 12.4. The molecule has 1 aromatic rings. The molecule has 1 aromatic carbocycles. The number of nitrogens with one attached hydrogen (secondary N) is 1. The van der Waals surface area contributed by atoms with E-state index in [9.17, 15) is 4.79 Å². The minimum absolute atomic E-state index is 0.0192. The first-order valence-electron chi connectivity index (χ1n) is 5.92. The van der Waals surface area contributed by atoms with Crippen LogP contribution in [0.15, 0.2) is 18.2 Å². The van der Waals surface area contributed by atoms with Gasteiger partial charge in [-0.2, -0.15) is 0 Å². The number of benzene rings is 1. The van der Waals surface area contributed by atoms with Crippen molar-refractivity contribution in [2.24, 2.45) is 5.92 Å². The molecular formula is C14H20BrNO. The van der Waals surface area contributed by atoms with Crippen LogP contribution in [0, 0.1) is 19.8 Å². The van der Waals surface area contributed by atoms with Gasteiger partial charge in [-0.3, -0.25) is 4.79 Å². The van der Waals surface area contributed by atoms with Gasteiger partial charge in [0.05, 0.1) is 0 Å². The van der Waals surface area contributed by atoms with Crippen LogP contribution in [0.1, 0.15) is 35.3 Å². The SMILES string of the molecule is Cc1cccc(C)c1C(=O)NCC(Br)C(C)C. The van der Waals surface area contributed by atoms with Crippen LogP contribution >= 0.6 is 15.9 Å². The molecule has 0 aromatic heterocycles. The summed E-state index contributed by atoms with van der Waals surface area (Å²) in [6.07, 6.45) is 0. The van der Waals surface area contributed by atoms with Gasteiger partial charge in [-0.1, -0.05) is 48.0 Å². The molecule has 0 aliphatic heterocycles. The van der Waals surface area contributed by atoms with E-state index in [0.29, 0.717) is 17.3 Å². The van der Waals surface area contributed by atoms with Crippen LogP contribution in [0.5, 0.6) is 0 Å². The van der Waals surface area contributed by atoms with Gasteiger partial charge in [0.15, 0.2) is 0 Å². The van der Waals surface area contributed by atoms with Crippen LogP contribution in [-0.2, 0) is 0 Å². The summed E-state index contributed by atoms with van der Waals surface area (Å²) in [6, 6.07) is 5.91. The summed E-state index contributed by atoms with van der Waals surface area (Å²) in [5.41, 5.74) is 2.85. The third-order valence-corrected chi connectivity index (χ3v) is 4.27. The van der Waals surface area contributed by atoms with Gasteiger partial charge < -0.3 is 5.32 Å². The van der Waals surface area contributed by atoms with Gasteiger partial charge in [-0.15, -0.1) is 0 Å². The van der Waals surface area contributed by atoms with Crippen molar-refractivity contribution in [3.63, 3.8) is 0 Å². The molecule has 1 rings (SSSR count). The zero-order valence-electron chi connectivity index (χ0n) is 10.9. The molecule has 1 N–H and O–H groups in total. The molecule has 2 nitrogen and oxygen atoms in total. The predicted molar refractivity (Wildman–Crippen MR) is 75.8 cm³/mol. The maximum absolute atomic E-state index is 12.1. The van der Waals surface area contributed by atoms with E-state index in [1.165, 1.54) is 0 Å². The number of carbonyl (C=O) groups is 1. The summed E-state index contributed by atoms with van der Waals surface area (Å²) in [7, 11) is 0. The van der Waals surface area contributed by atoms with Crippen molar-refractivity contribution >= 4 is 21.8 Å². The van der Waals surface area contributed by atoms with Gasteiger partial charge in [-0.05, 0) is 30.9 Å². The van der Waals surface area contributed by atoms with E-state index in [1.807, 2.05) is 32.0 Å². The molecule has 0 bridgehead atoms. The largest absolute Gasteiger partial charge is 0.351 e. The Balaban J connectivity index is 2.71. The van der Waals surface area contributed by atoms with E-state index in [0.717, 1.165) is 16.7 Å². The molecule has 3 heteroatoms. The highest BCUT2D eigenvalue weighted by Gasteiger charge is 2.14. The Labute approximate surface area is 112 Å². The highest BCUT2D eigenvalue weighted by Crippen LogP contribution is 2.14. The average molecular weight is 298 g/mol. The fourth-order valence-corrected chi connectivity index (χ4v) is 1.85. The van der Waals surface area contributed by atoms with Crippen LogP contribution in [0.2, 0.25) is 0 Å². The minimum atomic E-state index is 0.0192. The van der Waals surface area contributed by atoms with Gasteiger partial charge in [0.2, 0.25) is 0 Å². The first-order chi connectivity index (χ1) is 7.93. The molecule has 0 radical (unpaired) electrons. The molecule has 0 saturated heterocycles. The molecule has 0 aliphatic rings. The Kier molecular flexibility index (Phi) is 5.19. The highest BCUT2D eigenvalue weighted by molar-refractivity contribution is 9.09. The number of aryl methyl sites for hydroxylation is 2.